The minimum atomic E-state index is -3.65. The minimum Gasteiger partial charge on any atom is -0.291 e. The lowest BCUT2D eigenvalue weighted by molar-refractivity contribution is -0.116. The maximum Gasteiger partial charge on any atom is 0.355 e. The standard InChI is InChI=1S/C14H16ClN3O.C11H10Cl2F2N4O3S/c1-11-5-3-6-12(2)14(11)18(13(19)9-15)10-17-8-4-7-16-17;1-5-16-19(11(20)18(5)10(14)15)9-4-8(17-23(2,21)22)6(12)3-7(9)13/h3-8H,9-10H2,1-2H3;3-4,10,17H,1-2H3. The number of amides is 1. The number of nitrogens with one attached hydrogen (secondary N) is 1. The Balaban J connectivity index is 0.000000235. The van der Waals surface area contributed by atoms with Gasteiger partial charge in [-0.25, -0.2) is 17.8 Å². The van der Waals surface area contributed by atoms with Crippen LogP contribution in [0.25, 0.3) is 5.69 Å². The zero-order valence-corrected chi connectivity index (χ0v) is 25.8. The van der Waals surface area contributed by atoms with Gasteiger partial charge in [0, 0.05) is 12.4 Å². The predicted molar refractivity (Wildman–Crippen MR) is 159 cm³/mol. The number of hydrogen-bond acceptors (Lipinski definition) is 6. The lowest BCUT2D eigenvalue weighted by Gasteiger charge is -2.25. The molecule has 4 aromatic rings. The van der Waals surface area contributed by atoms with Crippen LogP contribution in [0.1, 0.15) is 23.5 Å². The van der Waals surface area contributed by atoms with E-state index in [2.05, 4.69) is 14.9 Å². The molecule has 2 heterocycles. The molecule has 4 rings (SSSR count). The highest BCUT2D eigenvalue weighted by Gasteiger charge is 2.21. The van der Waals surface area contributed by atoms with Crippen molar-refractivity contribution >= 4 is 62.1 Å². The predicted octanol–water partition coefficient (Wildman–Crippen LogP) is 5.15. The molecule has 2 aromatic carbocycles. The van der Waals surface area contributed by atoms with Crippen LogP contribution >= 0.6 is 34.8 Å². The third kappa shape index (κ3) is 7.88. The zero-order chi connectivity index (χ0) is 31.4. The first kappa shape index (κ1) is 33.0. The third-order valence-electron chi connectivity index (χ3n) is 5.71. The number of para-hydroxylation sites is 1. The summed E-state index contributed by atoms with van der Waals surface area (Å²) in [5.74, 6) is -0.405. The van der Waals surface area contributed by atoms with E-state index in [0.29, 0.717) is 11.4 Å². The number of alkyl halides is 3. The number of halogens is 5. The summed E-state index contributed by atoms with van der Waals surface area (Å²) in [5.41, 5.74) is 1.73. The number of hydrogen-bond donors (Lipinski definition) is 1. The molecule has 0 bridgehead atoms. The van der Waals surface area contributed by atoms with Crippen molar-refractivity contribution in [2.24, 2.45) is 0 Å². The van der Waals surface area contributed by atoms with Crippen LogP contribution in [0.4, 0.5) is 20.2 Å². The number of carbonyl (C=O) groups excluding carboxylic acids is 1. The molecule has 0 aliphatic heterocycles. The molecule has 0 saturated carbocycles. The molecule has 0 atom stereocenters. The van der Waals surface area contributed by atoms with Gasteiger partial charge in [-0.3, -0.25) is 19.1 Å². The van der Waals surface area contributed by atoms with Gasteiger partial charge in [0.15, 0.2) is 0 Å². The van der Waals surface area contributed by atoms with Gasteiger partial charge >= 0.3 is 12.2 Å². The molecular formula is C25H26Cl3F2N7O4S. The number of carbonyl (C=O) groups is 1. The number of benzene rings is 2. The van der Waals surface area contributed by atoms with Crippen LogP contribution in [0.5, 0.6) is 0 Å². The van der Waals surface area contributed by atoms with Crippen molar-refractivity contribution in [3.63, 3.8) is 0 Å². The Morgan fingerprint density at radius 3 is 2.24 bits per heavy atom. The molecule has 1 N–H and O–H groups in total. The Morgan fingerprint density at radius 1 is 1.10 bits per heavy atom. The van der Waals surface area contributed by atoms with Crippen LogP contribution in [0.15, 0.2) is 53.6 Å². The van der Waals surface area contributed by atoms with Gasteiger partial charge in [0.25, 0.3) is 0 Å². The van der Waals surface area contributed by atoms with E-state index in [-0.39, 0.29) is 43.6 Å². The molecule has 0 radical (unpaired) electrons. The fraction of sp³-hybridized carbons (Fsp3) is 0.280. The first-order valence-corrected chi connectivity index (χ1v) is 15.2. The van der Waals surface area contributed by atoms with Gasteiger partial charge in [0.05, 0.1) is 33.4 Å². The van der Waals surface area contributed by atoms with Crippen molar-refractivity contribution in [3.05, 3.63) is 86.3 Å². The summed E-state index contributed by atoms with van der Waals surface area (Å²) in [6, 6.07) is 10.1. The monoisotopic (exact) mass is 663 g/mol. The molecule has 2 aromatic heterocycles. The van der Waals surface area contributed by atoms with Gasteiger partial charge < -0.3 is 0 Å². The molecule has 226 valence electrons. The summed E-state index contributed by atoms with van der Waals surface area (Å²) in [5, 5.41) is 7.76. The molecule has 0 fully saturated rings. The van der Waals surface area contributed by atoms with E-state index in [1.54, 1.807) is 15.8 Å². The van der Waals surface area contributed by atoms with Crippen LogP contribution in [0, 0.1) is 20.8 Å². The Labute approximate surface area is 255 Å². The SMILES string of the molecule is Cc1cccc(C)c1N(Cn1cccn1)C(=O)CCl.Cc1nn(-c2cc(NS(C)(=O)=O)c(Cl)cc2Cl)c(=O)n1C(F)F. The van der Waals surface area contributed by atoms with Gasteiger partial charge in [0.2, 0.25) is 15.9 Å². The van der Waals surface area contributed by atoms with Gasteiger partial charge in [-0.15, -0.1) is 16.7 Å². The molecule has 0 spiro atoms. The number of nitrogens with zero attached hydrogens (tertiary/aromatic N) is 6. The highest BCUT2D eigenvalue weighted by atomic mass is 35.5. The van der Waals surface area contributed by atoms with Crippen LogP contribution < -0.4 is 15.3 Å². The minimum absolute atomic E-state index is 0.0257. The zero-order valence-electron chi connectivity index (χ0n) is 22.7. The van der Waals surface area contributed by atoms with Crippen molar-refractivity contribution in [2.75, 3.05) is 21.8 Å². The highest BCUT2D eigenvalue weighted by molar-refractivity contribution is 7.92. The third-order valence-corrected chi connectivity index (χ3v) is 7.14. The van der Waals surface area contributed by atoms with E-state index in [9.17, 15) is 26.8 Å². The summed E-state index contributed by atoms with van der Waals surface area (Å²) in [7, 11) is -3.65. The molecule has 0 saturated heterocycles. The Kier molecular flexibility index (Phi) is 10.8. The largest absolute Gasteiger partial charge is 0.355 e. The van der Waals surface area contributed by atoms with Crippen LogP contribution in [0.3, 0.4) is 0 Å². The Bertz CT molecular complexity index is 1720. The lowest BCUT2D eigenvalue weighted by atomic mass is 10.1. The number of aryl methyl sites for hydroxylation is 3. The highest BCUT2D eigenvalue weighted by Crippen LogP contribution is 2.31. The Morgan fingerprint density at radius 2 is 1.74 bits per heavy atom. The van der Waals surface area contributed by atoms with E-state index in [4.69, 9.17) is 34.8 Å². The first-order valence-electron chi connectivity index (χ1n) is 12.0. The van der Waals surface area contributed by atoms with E-state index in [1.165, 1.54) is 13.0 Å². The summed E-state index contributed by atoms with van der Waals surface area (Å²) < 4.78 is 53.0. The number of sulfonamides is 1. The quantitative estimate of drug-likeness (QED) is 0.260. The molecular weight excluding hydrogens is 639 g/mol. The fourth-order valence-corrected chi connectivity index (χ4v) is 5.22. The topological polar surface area (TPSA) is 124 Å². The molecule has 17 heteroatoms. The average molecular weight is 665 g/mol. The number of anilines is 2. The van der Waals surface area contributed by atoms with Crippen molar-refractivity contribution in [1.29, 1.82) is 0 Å². The normalized spacial score (nSPS) is 11.3. The molecule has 1 amide bonds. The lowest BCUT2D eigenvalue weighted by Crippen LogP contribution is -2.35. The number of rotatable bonds is 8. The van der Waals surface area contributed by atoms with E-state index in [0.717, 1.165) is 29.1 Å². The smallest absolute Gasteiger partial charge is 0.291 e. The number of aromatic nitrogens is 5. The average Bonchev–Trinajstić information content (AvgIpc) is 3.51. The summed E-state index contributed by atoms with van der Waals surface area (Å²) in [4.78, 5) is 25.8. The Hall–Kier alpha value is -3.46. The van der Waals surface area contributed by atoms with E-state index < -0.39 is 22.3 Å². The maximum atomic E-state index is 12.8. The molecule has 11 nitrogen and oxygen atoms in total. The second-order valence-corrected chi connectivity index (χ2v) is 11.8. The van der Waals surface area contributed by atoms with Crippen molar-refractivity contribution in [2.45, 2.75) is 34.0 Å². The van der Waals surface area contributed by atoms with Crippen molar-refractivity contribution in [3.8, 4) is 5.69 Å². The van der Waals surface area contributed by atoms with E-state index >= 15 is 0 Å². The van der Waals surface area contributed by atoms with Crippen LogP contribution in [-0.4, -0.2) is 50.6 Å². The van der Waals surface area contributed by atoms with Crippen molar-refractivity contribution < 1.29 is 22.0 Å². The molecule has 0 aliphatic carbocycles. The fourth-order valence-electron chi connectivity index (χ4n) is 3.94. The van der Waals surface area contributed by atoms with Crippen LogP contribution in [0.2, 0.25) is 10.0 Å². The first-order chi connectivity index (χ1) is 19.6. The van der Waals surface area contributed by atoms with Gasteiger partial charge in [0.1, 0.15) is 18.4 Å². The van der Waals surface area contributed by atoms with Crippen LogP contribution in [-0.2, 0) is 21.5 Å². The second kappa shape index (κ2) is 13.7. The van der Waals surface area contributed by atoms with Gasteiger partial charge in [-0.05, 0) is 50.1 Å². The molecule has 42 heavy (non-hydrogen) atoms. The summed E-state index contributed by atoms with van der Waals surface area (Å²) >= 11 is 17.6. The molecule has 0 unspecified atom stereocenters. The van der Waals surface area contributed by atoms with Crippen molar-refractivity contribution in [1.82, 2.24) is 24.1 Å². The maximum absolute atomic E-state index is 12.8. The van der Waals surface area contributed by atoms with E-state index in [1.807, 2.05) is 44.3 Å². The second-order valence-electron chi connectivity index (χ2n) is 8.93. The summed E-state index contributed by atoms with van der Waals surface area (Å²) in [6.07, 6.45) is 4.41. The molecule has 0 aliphatic rings. The van der Waals surface area contributed by atoms with Gasteiger partial charge in [-0.1, -0.05) is 41.4 Å². The summed E-state index contributed by atoms with van der Waals surface area (Å²) in [6.45, 7) is 2.49. The van der Waals surface area contributed by atoms with Gasteiger partial charge in [-0.2, -0.15) is 18.6 Å².